The third-order valence-electron chi connectivity index (χ3n) is 7.05. The summed E-state index contributed by atoms with van der Waals surface area (Å²) in [6.07, 6.45) is 0.805. The van der Waals surface area contributed by atoms with E-state index in [1.54, 1.807) is 36.7 Å². The first-order valence-electron chi connectivity index (χ1n) is 13.9. The number of rotatable bonds is 11. The topological polar surface area (TPSA) is 116 Å². The second-order valence-corrected chi connectivity index (χ2v) is 11.7. The fraction of sp³-hybridized carbons (Fsp3) is 0.367. The van der Waals surface area contributed by atoms with Crippen molar-refractivity contribution in [3.8, 4) is 0 Å². The maximum absolute atomic E-state index is 13.7. The number of anilines is 3. The van der Waals surface area contributed by atoms with E-state index >= 15 is 0 Å². The summed E-state index contributed by atoms with van der Waals surface area (Å²) < 4.78 is 45.7. The summed E-state index contributed by atoms with van der Waals surface area (Å²) in [5.41, 5.74) is 1.98. The Hall–Kier alpha value is -4.14. The minimum atomic E-state index is -4.55. The Morgan fingerprint density at radius 3 is 2.55 bits per heavy atom. The van der Waals surface area contributed by atoms with Crippen molar-refractivity contribution < 1.29 is 27.5 Å². The summed E-state index contributed by atoms with van der Waals surface area (Å²) in [5, 5.41) is 7.45. The molecule has 0 bridgehead atoms. The van der Waals surface area contributed by atoms with Crippen molar-refractivity contribution in [2.24, 2.45) is 5.84 Å². The number of carbonyl (C=O) groups excluding carboxylic acids is 2. The number of nitrogens with two attached hydrogens (primary N) is 1. The van der Waals surface area contributed by atoms with Gasteiger partial charge >= 0.3 is 12.1 Å². The molecule has 0 aliphatic carbocycles. The lowest BCUT2D eigenvalue weighted by Gasteiger charge is -2.22. The fourth-order valence-corrected chi connectivity index (χ4v) is 5.65. The summed E-state index contributed by atoms with van der Waals surface area (Å²) in [4.78, 5) is 33.7. The highest BCUT2D eigenvalue weighted by atomic mass is 32.1. The molecule has 1 aliphatic rings. The van der Waals surface area contributed by atoms with Crippen LogP contribution in [0.2, 0.25) is 0 Å². The monoisotopic (exact) mass is 631 g/mol. The number of halogens is 3. The lowest BCUT2D eigenvalue weighted by molar-refractivity contribution is -0.139. The summed E-state index contributed by atoms with van der Waals surface area (Å²) >= 11 is 1.32. The number of carbonyl (C=O) groups is 2. The van der Waals surface area contributed by atoms with Gasteiger partial charge in [0.05, 0.1) is 28.9 Å². The Morgan fingerprint density at radius 2 is 1.89 bits per heavy atom. The van der Waals surface area contributed by atoms with E-state index in [0.29, 0.717) is 28.6 Å². The van der Waals surface area contributed by atoms with Crippen LogP contribution in [0.5, 0.6) is 0 Å². The summed E-state index contributed by atoms with van der Waals surface area (Å²) in [5.74, 6) is 5.47. The Labute approximate surface area is 258 Å². The van der Waals surface area contributed by atoms with E-state index in [1.165, 1.54) is 23.5 Å². The van der Waals surface area contributed by atoms with Gasteiger partial charge in [0, 0.05) is 44.3 Å². The highest BCUT2D eigenvalue weighted by Crippen LogP contribution is 2.33. The highest BCUT2D eigenvalue weighted by molar-refractivity contribution is 7.16. The van der Waals surface area contributed by atoms with E-state index in [1.807, 2.05) is 25.9 Å². The van der Waals surface area contributed by atoms with Crippen molar-refractivity contribution in [1.29, 1.82) is 0 Å². The zero-order valence-electron chi connectivity index (χ0n) is 25.0. The van der Waals surface area contributed by atoms with Gasteiger partial charge in [-0.25, -0.2) is 10.8 Å². The number of benzene rings is 2. The number of thiazole rings is 1. The second-order valence-electron chi connectivity index (χ2n) is 10.6. The molecule has 3 aromatic rings. The number of aryl methyl sites for hydroxylation is 1. The number of amides is 1. The quantitative estimate of drug-likeness (QED) is 0.150. The average molecular weight is 632 g/mol. The molecular formula is C30H36F3N7O3S. The average Bonchev–Trinajstić information content (AvgIpc) is 3.66. The first-order valence-corrected chi connectivity index (χ1v) is 14.7. The van der Waals surface area contributed by atoms with Gasteiger partial charge in [-0.2, -0.15) is 13.2 Å². The molecule has 1 aromatic heterocycles. The first kappa shape index (κ1) is 32.8. The number of hydrazine groups is 1. The van der Waals surface area contributed by atoms with Gasteiger partial charge in [0.2, 0.25) is 0 Å². The molecular weight excluding hydrogens is 595 g/mol. The molecule has 1 saturated heterocycles. The van der Waals surface area contributed by atoms with Gasteiger partial charge in [0.1, 0.15) is 6.54 Å². The van der Waals surface area contributed by atoms with Crippen LogP contribution in [0.3, 0.4) is 0 Å². The predicted molar refractivity (Wildman–Crippen MR) is 166 cm³/mol. The van der Waals surface area contributed by atoms with Crippen LogP contribution in [-0.4, -0.2) is 67.5 Å². The van der Waals surface area contributed by atoms with E-state index in [-0.39, 0.29) is 17.8 Å². The molecule has 0 spiro atoms. The van der Waals surface area contributed by atoms with Gasteiger partial charge in [-0.3, -0.25) is 19.5 Å². The largest absolute Gasteiger partial charge is 0.468 e. The SMILES string of the molecule is COC(=O)CNc1ncc(/C(=C/N(N)c2cc(C(=O)Nc3cc(CN4CCCC4)cc(C(F)(F)F)c3)ccc2C)N(C)C)s1. The van der Waals surface area contributed by atoms with Gasteiger partial charge in [-0.1, -0.05) is 17.4 Å². The maximum atomic E-state index is 13.7. The lowest BCUT2D eigenvalue weighted by atomic mass is 10.1. The van der Waals surface area contributed by atoms with Crippen LogP contribution in [0.15, 0.2) is 48.8 Å². The van der Waals surface area contributed by atoms with Gasteiger partial charge in [-0.15, -0.1) is 0 Å². The number of esters is 1. The van der Waals surface area contributed by atoms with Crippen LogP contribution >= 0.6 is 11.3 Å². The number of alkyl halides is 3. The zero-order chi connectivity index (χ0) is 32.0. The number of nitrogens with one attached hydrogen (secondary N) is 2. The molecule has 0 atom stereocenters. The molecule has 4 N–H and O–H groups in total. The minimum absolute atomic E-state index is 0.0260. The van der Waals surface area contributed by atoms with Crippen LogP contribution in [0.25, 0.3) is 5.70 Å². The Kier molecular flexibility index (Phi) is 10.5. The fourth-order valence-electron chi connectivity index (χ4n) is 4.75. The second kappa shape index (κ2) is 14.1. The molecule has 1 aliphatic heterocycles. The number of hydrogen-bond donors (Lipinski definition) is 3. The van der Waals surface area contributed by atoms with Gasteiger partial charge in [0.25, 0.3) is 5.91 Å². The number of ether oxygens (including phenoxy) is 1. The van der Waals surface area contributed by atoms with Crippen molar-refractivity contribution in [1.82, 2.24) is 14.8 Å². The lowest BCUT2D eigenvalue weighted by Crippen LogP contribution is -2.28. The normalized spacial score (nSPS) is 14.0. The van der Waals surface area contributed by atoms with Crippen molar-refractivity contribution in [3.05, 3.63) is 75.9 Å². The van der Waals surface area contributed by atoms with E-state index in [4.69, 9.17) is 5.84 Å². The molecule has 236 valence electrons. The van der Waals surface area contributed by atoms with Crippen LogP contribution in [0.4, 0.5) is 29.7 Å². The van der Waals surface area contributed by atoms with Crippen LogP contribution in [0, 0.1) is 6.92 Å². The Balaban J connectivity index is 1.56. The Bertz CT molecular complexity index is 1520. The van der Waals surface area contributed by atoms with Crippen LogP contribution < -0.4 is 21.5 Å². The number of hydrogen-bond acceptors (Lipinski definition) is 10. The standard InChI is InChI=1S/C30H36F3N7O3S/c1-19-7-8-21(28(42)37-23-12-20(17-39-9-5-6-10-39)11-22(14-23)30(31,32)33)13-24(19)40(34)18-25(38(2)3)26-15-35-29(44-26)36-16-27(41)43-4/h7-8,11-15,18H,5-6,9-10,16-17,34H2,1-4H3,(H,35,36)(H,37,42)/b25-18-. The van der Waals surface area contributed by atoms with E-state index in [2.05, 4.69) is 25.3 Å². The molecule has 2 heterocycles. The summed E-state index contributed by atoms with van der Waals surface area (Å²) in [7, 11) is 4.98. The molecule has 10 nitrogen and oxygen atoms in total. The van der Waals surface area contributed by atoms with Crippen LogP contribution in [-0.2, 0) is 22.3 Å². The molecule has 0 saturated carbocycles. The minimum Gasteiger partial charge on any atom is -0.468 e. The zero-order valence-corrected chi connectivity index (χ0v) is 25.8. The molecule has 14 heteroatoms. The third kappa shape index (κ3) is 8.49. The highest BCUT2D eigenvalue weighted by Gasteiger charge is 2.31. The van der Waals surface area contributed by atoms with E-state index in [0.717, 1.165) is 48.5 Å². The number of methoxy groups -OCH3 is 1. The number of nitrogens with zero attached hydrogens (tertiary/aromatic N) is 4. The molecule has 44 heavy (non-hydrogen) atoms. The third-order valence-corrected chi connectivity index (χ3v) is 8.02. The maximum Gasteiger partial charge on any atom is 0.416 e. The molecule has 0 radical (unpaired) electrons. The van der Waals surface area contributed by atoms with Gasteiger partial charge in [0.15, 0.2) is 5.13 Å². The molecule has 0 unspecified atom stereocenters. The number of likely N-dealkylation sites (tertiary alicyclic amines) is 1. The summed E-state index contributed by atoms with van der Waals surface area (Å²) in [6, 6.07) is 8.58. The van der Waals surface area contributed by atoms with E-state index < -0.39 is 23.6 Å². The first-order chi connectivity index (χ1) is 20.8. The van der Waals surface area contributed by atoms with E-state index in [9.17, 15) is 22.8 Å². The van der Waals surface area contributed by atoms with Crippen molar-refractivity contribution in [2.45, 2.75) is 32.5 Å². The van der Waals surface area contributed by atoms with Crippen molar-refractivity contribution in [2.75, 3.05) is 56.5 Å². The summed E-state index contributed by atoms with van der Waals surface area (Å²) in [6.45, 7) is 3.85. The molecule has 4 rings (SSSR count). The van der Waals surface area contributed by atoms with Crippen molar-refractivity contribution >= 4 is 45.4 Å². The number of aromatic nitrogens is 1. The van der Waals surface area contributed by atoms with Gasteiger partial charge in [-0.05, 0) is 74.3 Å². The molecule has 2 aromatic carbocycles. The van der Waals surface area contributed by atoms with Crippen LogP contribution in [0.1, 0.15) is 44.8 Å². The predicted octanol–water partition coefficient (Wildman–Crippen LogP) is 5.14. The Morgan fingerprint density at radius 1 is 1.16 bits per heavy atom. The molecule has 1 fully saturated rings. The van der Waals surface area contributed by atoms with Gasteiger partial charge < -0.3 is 20.3 Å². The molecule has 1 amide bonds. The smallest absolute Gasteiger partial charge is 0.416 e. The van der Waals surface area contributed by atoms with Crippen molar-refractivity contribution in [3.63, 3.8) is 0 Å².